The van der Waals surface area contributed by atoms with Gasteiger partial charge in [-0.1, -0.05) is 11.6 Å². The van der Waals surface area contributed by atoms with Gasteiger partial charge in [0.25, 0.3) is 0 Å². The summed E-state index contributed by atoms with van der Waals surface area (Å²) in [5.74, 6) is 0.854. The Hall–Kier alpha value is -0.163. The molecule has 0 aliphatic heterocycles. The van der Waals surface area contributed by atoms with Gasteiger partial charge in [0.15, 0.2) is 0 Å². The molecule has 0 N–H and O–H groups in total. The van der Waals surface area contributed by atoms with Gasteiger partial charge >= 0.3 is 8.80 Å². The van der Waals surface area contributed by atoms with Crippen LogP contribution in [0.3, 0.4) is 0 Å². The SMILES string of the molecule is CCO[Si](CC/C=C(\C)C1CC1)(OCC)OCC. The van der Waals surface area contributed by atoms with Gasteiger partial charge in [-0.3, -0.25) is 0 Å². The van der Waals surface area contributed by atoms with Crippen LogP contribution in [0.1, 0.15) is 47.0 Å². The third-order valence-electron chi connectivity index (χ3n) is 3.23. The first kappa shape index (κ1) is 15.9. The van der Waals surface area contributed by atoms with E-state index in [2.05, 4.69) is 13.0 Å². The molecular weight excluding hydrogens is 244 g/mol. The van der Waals surface area contributed by atoms with Crippen LogP contribution in [0.5, 0.6) is 0 Å². The van der Waals surface area contributed by atoms with Crippen molar-refractivity contribution in [3.8, 4) is 0 Å². The van der Waals surface area contributed by atoms with Crippen LogP contribution in [-0.4, -0.2) is 28.6 Å². The van der Waals surface area contributed by atoms with Crippen LogP contribution in [-0.2, 0) is 13.3 Å². The van der Waals surface area contributed by atoms with Crippen molar-refractivity contribution >= 4 is 8.80 Å². The van der Waals surface area contributed by atoms with Gasteiger partial charge in [0.1, 0.15) is 0 Å². The fourth-order valence-corrected chi connectivity index (χ4v) is 4.68. The van der Waals surface area contributed by atoms with Crippen LogP contribution in [0.4, 0.5) is 0 Å². The summed E-state index contributed by atoms with van der Waals surface area (Å²) in [5, 5.41) is 0. The normalized spacial score (nSPS) is 17.2. The zero-order valence-electron chi connectivity index (χ0n) is 12.3. The van der Waals surface area contributed by atoms with Gasteiger partial charge in [-0.25, -0.2) is 0 Å². The van der Waals surface area contributed by atoms with Crippen LogP contribution >= 0.6 is 0 Å². The molecule has 0 heterocycles. The van der Waals surface area contributed by atoms with Crippen LogP contribution in [0.2, 0.25) is 6.04 Å². The summed E-state index contributed by atoms with van der Waals surface area (Å²) in [6, 6.07) is 0.895. The van der Waals surface area contributed by atoms with E-state index in [9.17, 15) is 0 Å². The maximum Gasteiger partial charge on any atom is 0.501 e. The molecule has 1 aliphatic rings. The Kier molecular flexibility index (Phi) is 7.15. The van der Waals surface area contributed by atoms with E-state index in [1.807, 2.05) is 20.8 Å². The van der Waals surface area contributed by atoms with Crippen LogP contribution in [0.15, 0.2) is 11.6 Å². The standard InChI is InChI=1S/C14H28O3Si/c1-5-15-18(16-6-2,17-7-3)12-8-9-13(4)14-10-11-14/h9,14H,5-8,10-12H2,1-4H3/b13-9+. The van der Waals surface area contributed by atoms with E-state index in [0.717, 1.165) is 18.4 Å². The van der Waals surface area contributed by atoms with Gasteiger partial charge < -0.3 is 13.3 Å². The highest BCUT2D eigenvalue weighted by atomic mass is 28.4. The lowest BCUT2D eigenvalue weighted by molar-refractivity contribution is 0.0716. The average Bonchev–Trinajstić information content (AvgIpc) is 3.13. The molecule has 1 saturated carbocycles. The first-order valence-corrected chi connectivity index (χ1v) is 9.19. The Morgan fingerprint density at radius 3 is 1.94 bits per heavy atom. The van der Waals surface area contributed by atoms with Gasteiger partial charge in [0.05, 0.1) is 0 Å². The maximum atomic E-state index is 5.83. The minimum Gasteiger partial charge on any atom is -0.374 e. The highest BCUT2D eigenvalue weighted by Gasteiger charge is 2.39. The van der Waals surface area contributed by atoms with E-state index in [0.29, 0.717) is 19.8 Å². The van der Waals surface area contributed by atoms with Crippen molar-refractivity contribution in [2.45, 2.75) is 53.0 Å². The summed E-state index contributed by atoms with van der Waals surface area (Å²) in [5.41, 5.74) is 1.53. The molecule has 0 aromatic rings. The van der Waals surface area contributed by atoms with E-state index < -0.39 is 8.80 Å². The molecule has 1 fully saturated rings. The van der Waals surface area contributed by atoms with Gasteiger partial charge in [0, 0.05) is 25.9 Å². The first-order valence-electron chi connectivity index (χ1n) is 7.26. The van der Waals surface area contributed by atoms with E-state index in [4.69, 9.17) is 13.3 Å². The Labute approximate surface area is 113 Å². The lowest BCUT2D eigenvalue weighted by Gasteiger charge is -2.28. The Morgan fingerprint density at radius 2 is 1.56 bits per heavy atom. The molecule has 1 aliphatic carbocycles. The molecular formula is C14H28O3Si. The van der Waals surface area contributed by atoms with Gasteiger partial charge in [-0.15, -0.1) is 0 Å². The third kappa shape index (κ3) is 5.22. The molecule has 0 unspecified atom stereocenters. The molecule has 106 valence electrons. The summed E-state index contributed by atoms with van der Waals surface area (Å²) in [7, 11) is -2.42. The van der Waals surface area contributed by atoms with Crippen molar-refractivity contribution in [3.05, 3.63) is 11.6 Å². The predicted octanol–water partition coefficient (Wildman–Crippen LogP) is 3.78. The fraction of sp³-hybridized carbons (Fsp3) is 0.857. The molecule has 0 amide bonds. The molecule has 0 atom stereocenters. The van der Waals surface area contributed by atoms with Crippen LogP contribution < -0.4 is 0 Å². The van der Waals surface area contributed by atoms with Crippen molar-refractivity contribution in [3.63, 3.8) is 0 Å². The molecule has 3 nitrogen and oxygen atoms in total. The van der Waals surface area contributed by atoms with Crippen LogP contribution in [0, 0.1) is 5.92 Å². The molecule has 0 saturated heterocycles. The lowest BCUT2D eigenvalue weighted by atomic mass is 10.2. The van der Waals surface area contributed by atoms with Crippen LogP contribution in [0.25, 0.3) is 0 Å². The van der Waals surface area contributed by atoms with Gasteiger partial charge in [-0.2, -0.15) is 0 Å². The predicted molar refractivity (Wildman–Crippen MR) is 76.5 cm³/mol. The maximum absolute atomic E-state index is 5.83. The molecule has 0 spiro atoms. The summed E-state index contributed by atoms with van der Waals surface area (Å²) >= 11 is 0. The zero-order chi connectivity index (χ0) is 13.4. The third-order valence-corrected chi connectivity index (χ3v) is 6.32. The molecule has 4 heteroatoms. The zero-order valence-corrected chi connectivity index (χ0v) is 13.3. The second-order valence-electron chi connectivity index (χ2n) is 4.74. The second-order valence-corrected chi connectivity index (χ2v) is 7.48. The molecule has 0 bridgehead atoms. The van der Waals surface area contributed by atoms with E-state index >= 15 is 0 Å². The summed E-state index contributed by atoms with van der Waals surface area (Å²) in [6.07, 6.45) is 6.09. The van der Waals surface area contributed by atoms with Crippen molar-refractivity contribution in [1.29, 1.82) is 0 Å². The van der Waals surface area contributed by atoms with Crippen molar-refractivity contribution in [2.24, 2.45) is 5.92 Å². The molecule has 0 radical (unpaired) electrons. The van der Waals surface area contributed by atoms with Crippen molar-refractivity contribution in [1.82, 2.24) is 0 Å². The molecule has 0 aromatic heterocycles. The monoisotopic (exact) mass is 272 g/mol. The van der Waals surface area contributed by atoms with E-state index in [1.165, 1.54) is 18.4 Å². The number of hydrogen-bond donors (Lipinski definition) is 0. The van der Waals surface area contributed by atoms with Crippen molar-refractivity contribution in [2.75, 3.05) is 19.8 Å². The molecule has 0 aromatic carbocycles. The summed E-state index contributed by atoms with van der Waals surface area (Å²) in [4.78, 5) is 0. The Morgan fingerprint density at radius 1 is 1.06 bits per heavy atom. The number of allylic oxidation sites excluding steroid dienone is 2. The summed E-state index contributed by atoms with van der Waals surface area (Å²) < 4.78 is 17.5. The largest absolute Gasteiger partial charge is 0.501 e. The first-order chi connectivity index (χ1) is 8.67. The van der Waals surface area contributed by atoms with Crippen molar-refractivity contribution < 1.29 is 13.3 Å². The lowest BCUT2D eigenvalue weighted by Crippen LogP contribution is -2.45. The minimum absolute atomic E-state index is 0.664. The smallest absolute Gasteiger partial charge is 0.374 e. The second kappa shape index (κ2) is 8.10. The van der Waals surface area contributed by atoms with Gasteiger partial charge in [-0.05, 0) is 52.9 Å². The Bertz CT molecular complexity index is 245. The highest BCUT2D eigenvalue weighted by molar-refractivity contribution is 6.60. The fourth-order valence-electron chi connectivity index (χ4n) is 2.18. The quantitative estimate of drug-likeness (QED) is 0.447. The average molecular weight is 272 g/mol. The van der Waals surface area contributed by atoms with E-state index in [1.54, 1.807) is 0 Å². The minimum atomic E-state index is -2.42. The number of hydrogen-bond acceptors (Lipinski definition) is 3. The number of rotatable bonds is 10. The summed E-state index contributed by atoms with van der Waals surface area (Å²) in [6.45, 7) is 10.2. The molecule has 1 rings (SSSR count). The topological polar surface area (TPSA) is 27.7 Å². The molecule has 18 heavy (non-hydrogen) atoms. The highest BCUT2D eigenvalue weighted by Crippen LogP contribution is 2.36. The Balaban J connectivity index is 2.49. The van der Waals surface area contributed by atoms with Gasteiger partial charge in [0.2, 0.25) is 0 Å². The van der Waals surface area contributed by atoms with E-state index in [-0.39, 0.29) is 0 Å².